The molecule has 1 aromatic heterocycles. The number of pyridine rings is 1. The number of ketones is 1. The summed E-state index contributed by atoms with van der Waals surface area (Å²) in [4.78, 5) is 18.1. The average Bonchev–Trinajstić information content (AvgIpc) is 3.24. The van der Waals surface area contributed by atoms with Gasteiger partial charge in [0, 0.05) is 35.3 Å². The molecular weight excluding hydrogens is 496 g/mol. The van der Waals surface area contributed by atoms with Gasteiger partial charge in [-0.15, -0.1) is 0 Å². The smallest absolute Gasteiger partial charge is 0.163 e. The Balaban J connectivity index is 1.63. The number of methoxy groups -OCH3 is 2. The zero-order valence-electron chi connectivity index (χ0n) is 23.3. The molecule has 0 fully saturated rings. The number of carbonyl (C=O) groups excluding carboxylic acids is 1. The molecule has 8 nitrogen and oxygen atoms in total. The van der Waals surface area contributed by atoms with E-state index in [1.54, 1.807) is 25.1 Å². The molecule has 3 aromatic rings. The summed E-state index contributed by atoms with van der Waals surface area (Å²) in [5, 5.41) is 20.8. The van der Waals surface area contributed by atoms with Crippen molar-refractivity contribution >= 4 is 5.78 Å². The minimum atomic E-state index is -1.40. The van der Waals surface area contributed by atoms with Crippen molar-refractivity contribution in [1.82, 2.24) is 4.98 Å². The van der Waals surface area contributed by atoms with E-state index in [-0.39, 0.29) is 25.2 Å². The highest BCUT2D eigenvalue weighted by Crippen LogP contribution is 2.44. The van der Waals surface area contributed by atoms with Crippen molar-refractivity contribution in [2.45, 2.75) is 57.6 Å². The second-order valence-electron chi connectivity index (χ2n) is 10.7. The molecule has 0 spiro atoms. The first-order valence-electron chi connectivity index (χ1n) is 13.2. The summed E-state index contributed by atoms with van der Waals surface area (Å²) in [7, 11) is 3.08. The molecule has 2 atom stereocenters. The van der Waals surface area contributed by atoms with E-state index in [0.717, 1.165) is 22.3 Å². The Morgan fingerprint density at radius 2 is 1.79 bits per heavy atom. The van der Waals surface area contributed by atoms with Crippen LogP contribution in [-0.2, 0) is 17.6 Å². The summed E-state index contributed by atoms with van der Waals surface area (Å²) < 4.78 is 17.0. The van der Waals surface area contributed by atoms with Crippen LogP contribution in [-0.4, -0.2) is 48.4 Å². The number of aliphatic hydroxyl groups is 2. The third-order valence-electron chi connectivity index (χ3n) is 7.34. The molecule has 4 rings (SSSR count). The van der Waals surface area contributed by atoms with Crippen LogP contribution in [0.3, 0.4) is 0 Å². The summed E-state index contributed by atoms with van der Waals surface area (Å²) in [6.45, 7) is 5.92. The lowest BCUT2D eigenvalue weighted by molar-refractivity contribution is 0.0396. The highest BCUT2D eigenvalue weighted by atomic mass is 16.5. The lowest BCUT2D eigenvalue weighted by Crippen LogP contribution is -2.35. The Morgan fingerprint density at radius 3 is 2.38 bits per heavy atom. The Hall–Kier alpha value is -3.46. The van der Waals surface area contributed by atoms with Crippen molar-refractivity contribution < 1.29 is 29.2 Å². The summed E-state index contributed by atoms with van der Waals surface area (Å²) in [6.07, 6.45) is 1.32. The molecule has 2 unspecified atom stereocenters. The van der Waals surface area contributed by atoms with Crippen molar-refractivity contribution in [3.63, 3.8) is 0 Å². The molecule has 0 bridgehead atoms. The Labute approximate surface area is 229 Å². The molecule has 0 amide bonds. The number of hydrogen-bond donors (Lipinski definition) is 3. The van der Waals surface area contributed by atoms with Gasteiger partial charge in [0.1, 0.15) is 29.4 Å². The van der Waals surface area contributed by atoms with E-state index in [0.29, 0.717) is 53.6 Å². The molecule has 2 aromatic carbocycles. The first-order valence-corrected chi connectivity index (χ1v) is 13.2. The number of nitrogens with zero attached hydrogens (tertiary/aromatic N) is 1. The predicted octanol–water partition coefficient (Wildman–Crippen LogP) is 4.44. The molecule has 1 aliphatic rings. The number of nitrogens with two attached hydrogens (primary N) is 1. The van der Waals surface area contributed by atoms with Crippen LogP contribution in [0.5, 0.6) is 17.2 Å². The van der Waals surface area contributed by atoms with Gasteiger partial charge in [-0.1, -0.05) is 29.8 Å². The fourth-order valence-electron chi connectivity index (χ4n) is 4.86. The summed E-state index contributed by atoms with van der Waals surface area (Å²) in [6, 6.07) is 13.1. The van der Waals surface area contributed by atoms with E-state index in [9.17, 15) is 15.0 Å². The molecule has 1 aliphatic heterocycles. The van der Waals surface area contributed by atoms with Crippen LogP contribution in [0.4, 0.5) is 0 Å². The molecule has 8 heteroatoms. The number of aromatic nitrogens is 1. The largest absolute Gasteiger partial charge is 0.496 e. The number of hydrogen-bond acceptors (Lipinski definition) is 8. The topological polar surface area (TPSA) is 124 Å². The van der Waals surface area contributed by atoms with Crippen molar-refractivity contribution in [1.29, 1.82) is 0 Å². The summed E-state index contributed by atoms with van der Waals surface area (Å²) >= 11 is 0. The van der Waals surface area contributed by atoms with E-state index in [4.69, 9.17) is 24.9 Å². The standard InChI is InChI=1S/C31H38N2O6/c1-19-8-10-20(11-9-19)28-29-23(30(2,32)18-39-29)17-27(33-28)31(3,36)13-12-24(35)21-15-25(37-4)22(7-6-14-34)26(16-21)38-5/h8-11,15-17,34,36H,6-7,12-14,18,32H2,1-5H3. The van der Waals surface area contributed by atoms with Gasteiger partial charge >= 0.3 is 0 Å². The minimum Gasteiger partial charge on any atom is -0.496 e. The molecule has 39 heavy (non-hydrogen) atoms. The van der Waals surface area contributed by atoms with Crippen LogP contribution in [0.15, 0.2) is 42.5 Å². The van der Waals surface area contributed by atoms with Crippen LogP contribution in [0.1, 0.15) is 65.9 Å². The fraction of sp³-hybridized carbons (Fsp3) is 0.419. The molecule has 0 aliphatic carbocycles. The number of aryl methyl sites for hydroxylation is 1. The number of ether oxygens (including phenoxy) is 3. The van der Waals surface area contributed by atoms with Crippen LogP contribution < -0.4 is 19.9 Å². The number of rotatable bonds is 11. The highest BCUT2D eigenvalue weighted by Gasteiger charge is 2.38. The number of aliphatic hydroxyl groups excluding tert-OH is 1. The second kappa shape index (κ2) is 11.3. The quantitative estimate of drug-likeness (QED) is 0.309. The molecule has 2 heterocycles. The highest BCUT2D eigenvalue weighted by molar-refractivity contribution is 5.97. The van der Waals surface area contributed by atoms with Gasteiger partial charge in [0.2, 0.25) is 0 Å². The first kappa shape index (κ1) is 28.5. The van der Waals surface area contributed by atoms with Gasteiger partial charge in [-0.05, 0) is 58.2 Å². The lowest BCUT2D eigenvalue weighted by atomic mass is 9.87. The lowest BCUT2D eigenvalue weighted by Gasteiger charge is -2.25. The number of Topliss-reactive ketones (excluding diaryl/α,β-unsaturated/α-hetero) is 1. The van der Waals surface area contributed by atoms with Gasteiger partial charge < -0.3 is 30.2 Å². The third-order valence-corrected chi connectivity index (χ3v) is 7.34. The first-order chi connectivity index (χ1) is 18.5. The Morgan fingerprint density at radius 1 is 1.15 bits per heavy atom. The van der Waals surface area contributed by atoms with E-state index in [1.807, 2.05) is 38.1 Å². The summed E-state index contributed by atoms with van der Waals surface area (Å²) in [5.41, 5.74) is 9.45. The van der Waals surface area contributed by atoms with E-state index in [1.165, 1.54) is 14.2 Å². The van der Waals surface area contributed by atoms with Gasteiger partial charge in [-0.25, -0.2) is 4.98 Å². The molecule has 4 N–H and O–H groups in total. The monoisotopic (exact) mass is 534 g/mol. The van der Waals surface area contributed by atoms with E-state index in [2.05, 4.69) is 0 Å². The number of carbonyl (C=O) groups is 1. The zero-order chi connectivity index (χ0) is 28.4. The second-order valence-corrected chi connectivity index (χ2v) is 10.7. The number of fused-ring (bicyclic) bond motifs is 1. The fourth-order valence-corrected chi connectivity index (χ4v) is 4.86. The van der Waals surface area contributed by atoms with Crippen molar-refractivity contribution in [2.75, 3.05) is 27.4 Å². The number of benzene rings is 2. The molecular formula is C31H38N2O6. The molecule has 208 valence electrons. The Bertz CT molecular complexity index is 1320. The van der Waals surface area contributed by atoms with Crippen LogP contribution in [0.25, 0.3) is 11.3 Å². The maximum absolute atomic E-state index is 13.3. The van der Waals surface area contributed by atoms with Crippen LogP contribution in [0, 0.1) is 6.92 Å². The van der Waals surface area contributed by atoms with Crippen molar-refractivity contribution in [3.8, 4) is 28.5 Å². The Kier molecular flexibility index (Phi) is 8.30. The van der Waals surface area contributed by atoms with Gasteiger partial charge in [0.25, 0.3) is 0 Å². The predicted molar refractivity (Wildman–Crippen MR) is 150 cm³/mol. The average molecular weight is 535 g/mol. The van der Waals surface area contributed by atoms with Gasteiger partial charge in [0.15, 0.2) is 11.5 Å². The normalized spacial score (nSPS) is 17.7. The van der Waals surface area contributed by atoms with Crippen molar-refractivity contribution in [2.24, 2.45) is 5.73 Å². The van der Waals surface area contributed by atoms with Crippen LogP contribution >= 0.6 is 0 Å². The van der Waals surface area contributed by atoms with E-state index < -0.39 is 11.1 Å². The maximum atomic E-state index is 13.3. The molecule has 0 saturated heterocycles. The van der Waals surface area contributed by atoms with E-state index >= 15 is 0 Å². The third kappa shape index (κ3) is 5.93. The molecule has 0 radical (unpaired) electrons. The molecule has 0 saturated carbocycles. The van der Waals surface area contributed by atoms with Crippen molar-refractivity contribution in [3.05, 3.63) is 70.4 Å². The van der Waals surface area contributed by atoms with Crippen LogP contribution in [0.2, 0.25) is 0 Å². The maximum Gasteiger partial charge on any atom is 0.163 e. The SMILES string of the molecule is COc1cc(C(=O)CCC(C)(O)c2cc3c(c(-c4ccc(C)cc4)n2)OCC3(C)N)cc(OC)c1CCCO. The van der Waals surface area contributed by atoms with Gasteiger partial charge in [-0.2, -0.15) is 0 Å². The van der Waals surface area contributed by atoms with Gasteiger partial charge in [-0.3, -0.25) is 4.79 Å². The van der Waals surface area contributed by atoms with Gasteiger partial charge in [0.05, 0.1) is 25.5 Å². The zero-order valence-corrected chi connectivity index (χ0v) is 23.3. The minimum absolute atomic E-state index is 0.0415. The summed E-state index contributed by atoms with van der Waals surface area (Å²) in [5.74, 6) is 1.53.